The van der Waals surface area contributed by atoms with Crippen molar-refractivity contribution in [3.8, 4) is 0 Å². The van der Waals surface area contributed by atoms with E-state index in [-0.39, 0.29) is 29.7 Å². The summed E-state index contributed by atoms with van der Waals surface area (Å²) in [5, 5.41) is 7.49. The molecule has 0 aromatic carbocycles. The Kier molecular flexibility index (Phi) is 18.0. The summed E-state index contributed by atoms with van der Waals surface area (Å²) in [6.45, 7) is 0. The largest absolute Gasteiger partial charge is 0.472 e. The molecule has 0 saturated carbocycles. The second-order valence-corrected chi connectivity index (χ2v) is 2.30. The fourth-order valence-electron chi connectivity index (χ4n) is 0. The van der Waals surface area contributed by atoms with Gasteiger partial charge in [0.15, 0.2) is 0 Å². The van der Waals surface area contributed by atoms with E-state index in [4.69, 9.17) is 14.9 Å². The fourth-order valence-corrected chi connectivity index (χ4v) is 0. The zero-order valence-electron chi connectivity index (χ0n) is 5.23. The second kappa shape index (κ2) is 8.01. The van der Waals surface area contributed by atoms with Gasteiger partial charge in [-0.15, -0.1) is 0 Å². The Bertz CT molecular complexity index is 126. The SMILES string of the molecule is O=C(O)P(=O)(O)O.P.P.P. The highest BCUT2D eigenvalue weighted by atomic mass is 31.2. The van der Waals surface area contributed by atoms with E-state index in [9.17, 15) is 9.36 Å². The van der Waals surface area contributed by atoms with Gasteiger partial charge in [0.1, 0.15) is 0 Å². The molecular formula is CH12O5P4. The summed E-state index contributed by atoms with van der Waals surface area (Å²) in [7, 11) is -4.82. The molecule has 0 rings (SSSR count). The molecule has 0 radical (unpaired) electrons. The maximum absolute atomic E-state index is 9.43. The molecule has 10 heavy (non-hydrogen) atoms. The van der Waals surface area contributed by atoms with E-state index in [2.05, 4.69) is 0 Å². The normalized spacial score (nSPS) is 7.80. The molecule has 9 heteroatoms. The van der Waals surface area contributed by atoms with Crippen molar-refractivity contribution in [1.29, 1.82) is 0 Å². The van der Waals surface area contributed by atoms with Crippen molar-refractivity contribution in [2.24, 2.45) is 0 Å². The molecule has 0 amide bonds. The third kappa shape index (κ3) is 11.7. The van der Waals surface area contributed by atoms with Gasteiger partial charge in [-0.05, 0) is 0 Å². The summed E-state index contributed by atoms with van der Waals surface area (Å²) in [4.78, 5) is 24.5. The summed E-state index contributed by atoms with van der Waals surface area (Å²) >= 11 is 0. The fraction of sp³-hybridized carbons (Fsp3) is 0. The number of carbonyl (C=O) groups is 1. The van der Waals surface area contributed by atoms with Crippen LogP contribution in [0.2, 0.25) is 0 Å². The lowest BCUT2D eigenvalue weighted by atomic mass is 11.6. The van der Waals surface area contributed by atoms with E-state index in [0.29, 0.717) is 0 Å². The Morgan fingerprint density at radius 3 is 1.20 bits per heavy atom. The van der Waals surface area contributed by atoms with Gasteiger partial charge in [-0.25, -0.2) is 9.36 Å². The van der Waals surface area contributed by atoms with Crippen molar-refractivity contribution in [3.63, 3.8) is 0 Å². The van der Waals surface area contributed by atoms with E-state index >= 15 is 0 Å². The predicted molar refractivity (Wildman–Crippen MR) is 53.4 cm³/mol. The van der Waals surface area contributed by atoms with Gasteiger partial charge >= 0.3 is 13.3 Å². The molecule has 3 unspecified atom stereocenters. The molecule has 0 heterocycles. The Hall–Kier alpha value is 0.910. The molecule has 0 bridgehead atoms. The molecule has 0 aliphatic rings. The third-order valence-electron chi connectivity index (χ3n) is 0.249. The van der Waals surface area contributed by atoms with E-state index in [1.54, 1.807) is 0 Å². The van der Waals surface area contributed by atoms with Crippen LogP contribution in [0.3, 0.4) is 0 Å². The molecule has 3 atom stereocenters. The zero-order chi connectivity index (χ0) is 6.08. The van der Waals surface area contributed by atoms with Gasteiger partial charge in [0.2, 0.25) is 0 Å². The van der Waals surface area contributed by atoms with E-state index in [0.717, 1.165) is 0 Å². The van der Waals surface area contributed by atoms with Crippen LogP contribution >= 0.6 is 37.3 Å². The number of hydrogen-bond donors (Lipinski definition) is 3. The van der Waals surface area contributed by atoms with Crippen molar-refractivity contribution >= 4 is 43.0 Å². The molecular weight excluding hydrogens is 216 g/mol. The monoisotopic (exact) mass is 228 g/mol. The lowest BCUT2D eigenvalue weighted by Gasteiger charge is -1.90. The smallest absolute Gasteiger partial charge is 0.433 e. The van der Waals surface area contributed by atoms with Crippen LogP contribution in [0, 0.1) is 0 Å². The number of hydrogen-bond acceptors (Lipinski definition) is 2. The van der Waals surface area contributed by atoms with Crippen molar-refractivity contribution in [2.45, 2.75) is 0 Å². The molecule has 0 aromatic rings. The summed E-state index contributed by atoms with van der Waals surface area (Å²) in [6.07, 6.45) is 0. The van der Waals surface area contributed by atoms with Crippen LogP contribution < -0.4 is 0 Å². The summed E-state index contributed by atoms with van der Waals surface area (Å²) in [6, 6.07) is 0. The van der Waals surface area contributed by atoms with Gasteiger partial charge in [0.25, 0.3) is 0 Å². The average Bonchev–Trinajstić information content (AvgIpc) is 1.31. The second-order valence-electron chi connectivity index (χ2n) is 0.827. The average molecular weight is 228 g/mol. The van der Waals surface area contributed by atoms with Crippen LogP contribution in [0.5, 0.6) is 0 Å². The summed E-state index contributed by atoms with van der Waals surface area (Å²) in [5.74, 6) is 0. The third-order valence-corrected chi connectivity index (χ3v) is 0.748. The molecule has 0 aromatic heterocycles. The van der Waals surface area contributed by atoms with Gasteiger partial charge in [0, 0.05) is 0 Å². The van der Waals surface area contributed by atoms with Gasteiger partial charge in [-0.2, -0.15) is 29.7 Å². The highest BCUT2D eigenvalue weighted by molar-refractivity contribution is 7.69. The highest BCUT2D eigenvalue weighted by Gasteiger charge is 2.23. The Morgan fingerprint density at radius 2 is 1.20 bits per heavy atom. The van der Waals surface area contributed by atoms with E-state index in [1.165, 1.54) is 0 Å². The van der Waals surface area contributed by atoms with Crippen LogP contribution in [0.4, 0.5) is 4.79 Å². The van der Waals surface area contributed by atoms with Crippen LogP contribution in [0.1, 0.15) is 0 Å². The minimum atomic E-state index is -4.82. The molecule has 5 nitrogen and oxygen atoms in total. The first kappa shape index (κ1) is 22.4. The number of rotatable bonds is 1. The zero-order valence-corrected chi connectivity index (χ0v) is 10.4. The Labute approximate surface area is 68.0 Å². The van der Waals surface area contributed by atoms with E-state index in [1.807, 2.05) is 0 Å². The van der Waals surface area contributed by atoms with Crippen molar-refractivity contribution < 1.29 is 24.3 Å². The Morgan fingerprint density at radius 1 is 1.10 bits per heavy atom. The van der Waals surface area contributed by atoms with Gasteiger partial charge in [-0.1, -0.05) is 0 Å². The molecule has 0 fully saturated rings. The number of carboxylic acid groups (broad SMARTS) is 1. The summed E-state index contributed by atoms with van der Waals surface area (Å²) in [5.41, 5.74) is -2.09. The molecule has 0 saturated heterocycles. The molecule has 0 aliphatic carbocycles. The maximum Gasteiger partial charge on any atom is 0.433 e. The topological polar surface area (TPSA) is 94.8 Å². The maximum atomic E-state index is 9.43. The Balaban J connectivity index is -0.0000000600. The molecule has 66 valence electrons. The lowest BCUT2D eigenvalue weighted by Crippen LogP contribution is -1.90. The minimum absolute atomic E-state index is 0. The van der Waals surface area contributed by atoms with Crippen LogP contribution in [-0.2, 0) is 4.57 Å². The van der Waals surface area contributed by atoms with Crippen molar-refractivity contribution in [1.82, 2.24) is 0 Å². The lowest BCUT2D eigenvalue weighted by molar-refractivity contribution is 0.208. The quantitative estimate of drug-likeness (QED) is 0.549. The predicted octanol–water partition coefficient (Wildman–Crippen LogP) is 0.0164. The van der Waals surface area contributed by atoms with Crippen LogP contribution in [0.15, 0.2) is 0 Å². The van der Waals surface area contributed by atoms with Crippen molar-refractivity contribution in [3.05, 3.63) is 0 Å². The molecule has 0 aliphatic heterocycles. The van der Waals surface area contributed by atoms with Crippen LogP contribution in [0.25, 0.3) is 0 Å². The highest BCUT2D eigenvalue weighted by Crippen LogP contribution is 2.34. The minimum Gasteiger partial charge on any atom is -0.472 e. The van der Waals surface area contributed by atoms with Crippen molar-refractivity contribution in [2.75, 3.05) is 0 Å². The first-order valence-corrected chi connectivity index (χ1v) is 2.85. The van der Waals surface area contributed by atoms with Gasteiger partial charge in [0.05, 0.1) is 0 Å². The summed E-state index contributed by atoms with van der Waals surface area (Å²) < 4.78 is 9.43. The standard InChI is InChI=1S/CH3O5P.3H3P/c2-1(3)7(4,5)6;;;/h(H,2,3)(H2,4,5,6);3*1H3. The molecule has 0 spiro atoms. The van der Waals surface area contributed by atoms with Gasteiger partial charge in [-0.3, -0.25) is 0 Å². The van der Waals surface area contributed by atoms with Gasteiger partial charge < -0.3 is 14.9 Å². The molecule has 3 N–H and O–H groups in total. The van der Waals surface area contributed by atoms with Crippen LogP contribution in [-0.4, -0.2) is 20.6 Å². The van der Waals surface area contributed by atoms with E-state index < -0.39 is 13.3 Å². The first-order chi connectivity index (χ1) is 2.94. The first-order valence-electron chi connectivity index (χ1n) is 1.23.